The molecule has 1 heterocycles. The van der Waals surface area contributed by atoms with Crippen molar-refractivity contribution in [1.29, 1.82) is 0 Å². The second-order valence-corrected chi connectivity index (χ2v) is 8.06. The normalized spacial score (nSPS) is 14.6. The maximum absolute atomic E-state index is 12.4. The van der Waals surface area contributed by atoms with E-state index in [-0.39, 0.29) is 35.1 Å². The number of thioether (sulfide) groups is 1. The third-order valence-electron chi connectivity index (χ3n) is 5.03. The smallest absolute Gasteiger partial charge is 0.234 e. The predicted molar refractivity (Wildman–Crippen MR) is 114 cm³/mol. The second-order valence-electron chi connectivity index (χ2n) is 7.08. The molecule has 1 N–H and O–H groups in total. The Hall–Kier alpha value is -2.02. The SMILES string of the molecule is CCN(CC)C(=O)C1CCN(C(=O)CSCC(=O)Nc2cccc(C)c2)CC1. The van der Waals surface area contributed by atoms with E-state index in [1.807, 2.05) is 54.8 Å². The van der Waals surface area contributed by atoms with E-state index in [1.54, 1.807) is 0 Å². The van der Waals surface area contributed by atoms with Gasteiger partial charge in [-0.15, -0.1) is 11.8 Å². The molecule has 0 bridgehead atoms. The van der Waals surface area contributed by atoms with Crippen molar-refractivity contribution < 1.29 is 14.4 Å². The van der Waals surface area contributed by atoms with Crippen LogP contribution >= 0.6 is 11.8 Å². The van der Waals surface area contributed by atoms with E-state index in [9.17, 15) is 14.4 Å². The van der Waals surface area contributed by atoms with Gasteiger partial charge in [0.05, 0.1) is 11.5 Å². The van der Waals surface area contributed by atoms with E-state index in [0.29, 0.717) is 13.1 Å². The zero-order valence-electron chi connectivity index (χ0n) is 17.1. The van der Waals surface area contributed by atoms with Gasteiger partial charge in [0.15, 0.2) is 0 Å². The fraction of sp³-hybridized carbons (Fsp3) is 0.571. The molecule has 0 aliphatic carbocycles. The average Bonchev–Trinajstić information content (AvgIpc) is 2.69. The maximum atomic E-state index is 12.4. The van der Waals surface area contributed by atoms with E-state index in [1.165, 1.54) is 11.8 Å². The predicted octanol–water partition coefficient (Wildman–Crippen LogP) is 2.77. The van der Waals surface area contributed by atoms with Gasteiger partial charge in [-0.3, -0.25) is 14.4 Å². The maximum Gasteiger partial charge on any atom is 0.234 e. The first-order valence-electron chi connectivity index (χ1n) is 9.95. The third kappa shape index (κ3) is 6.55. The Labute approximate surface area is 172 Å². The van der Waals surface area contributed by atoms with Crippen molar-refractivity contribution in [3.63, 3.8) is 0 Å². The van der Waals surface area contributed by atoms with E-state index in [4.69, 9.17) is 0 Å². The molecule has 1 aliphatic rings. The average molecular weight is 406 g/mol. The molecule has 1 aromatic rings. The van der Waals surface area contributed by atoms with Gasteiger partial charge in [-0.05, 0) is 51.3 Å². The molecular formula is C21H31N3O3S. The van der Waals surface area contributed by atoms with E-state index >= 15 is 0 Å². The highest BCUT2D eigenvalue weighted by molar-refractivity contribution is 8.00. The van der Waals surface area contributed by atoms with Gasteiger partial charge < -0.3 is 15.1 Å². The molecule has 1 aliphatic heterocycles. The summed E-state index contributed by atoms with van der Waals surface area (Å²) in [6, 6.07) is 7.64. The number of hydrogen-bond acceptors (Lipinski definition) is 4. The first-order chi connectivity index (χ1) is 13.4. The second kappa shape index (κ2) is 11.1. The number of nitrogens with one attached hydrogen (secondary N) is 1. The number of amides is 3. The quantitative estimate of drug-likeness (QED) is 0.722. The number of aryl methyl sites for hydroxylation is 1. The minimum Gasteiger partial charge on any atom is -0.343 e. The Balaban J connectivity index is 1.68. The fourth-order valence-electron chi connectivity index (χ4n) is 3.41. The molecule has 0 spiro atoms. The van der Waals surface area contributed by atoms with Gasteiger partial charge in [0.2, 0.25) is 17.7 Å². The molecule has 2 rings (SSSR count). The summed E-state index contributed by atoms with van der Waals surface area (Å²) in [7, 11) is 0. The Morgan fingerprint density at radius 3 is 2.43 bits per heavy atom. The lowest BCUT2D eigenvalue weighted by molar-refractivity contribution is -0.139. The summed E-state index contributed by atoms with van der Waals surface area (Å²) >= 11 is 1.33. The molecule has 154 valence electrons. The monoisotopic (exact) mass is 405 g/mol. The summed E-state index contributed by atoms with van der Waals surface area (Å²) in [5.74, 6) is 0.706. The van der Waals surface area contributed by atoms with Crippen LogP contribution in [0.2, 0.25) is 0 Å². The van der Waals surface area contributed by atoms with Crippen LogP contribution in [0, 0.1) is 12.8 Å². The lowest BCUT2D eigenvalue weighted by Crippen LogP contribution is -2.45. The largest absolute Gasteiger partial charge is 0.343 e. The Kier molecular flexibility index (Phi) is 8.83. The number of benzene rings is 1. The summed E-state index contributed by atoms with van der Waals surface area (Å²) < 4.78 is 0. The van der Waals surface area contributed by atoms with Crippen LogP contribution in [0.3, 0.4) is 0 Å². The summed E-state index contributed by atoms with van der Waals surface area (Å²) in [4.78, 5) is 40.5. The molecule has 0 saturated carbocycles. The molecule has 1 fully saturated rings. The fourth-order valence-corrected chi connectivity index (χ4v) is 4.13. The molecule has 28 heavy (non-hydrogen) atoms. The lowest BCUT2D eigenvalue weighted by atomic mass is 9.95. The van der Waals surface area contributed by atoms with Gasteiger partial charge in [-0.2, -0.15) is 0 Å². The minimum atomic E-state index is -0.105. The molecule has 0 atom stereocenters. The van der Waals surface area contributed by atoms with Crippen molar-refractivity contribution in [2.45, 2.75) is 33.6 Å². The molecule has 1 aromatic carbocycles. The van der Waals surface area contributed by atoms with Crippen molar-refractivity contribution in [1.82, 2.24) is 9.80 Å². The summed E-state index contributed by atoms with van der Waals surface area (Å²) in [6.07, 6.45) is 1.44. The van der Waals surface area contributed by atoms with Gasteiger partial charge >= 0.3 is 0 Å². The third-order valence-corrected chi connectivity index (χ3v) is 5.95. The topological polar surface area (TPSA) is 69.7 Å². The summed E-state index contributed by atoms with van der Waals surface area (Å²) in [5, 5.41) is 2.85. The first-order valence-corrected chi connectivity index (χ1v) is 11.1. The molecule has 0 radical (unpaired) electrons. The van der Waals surface area contributed by atoms with Crippen LogP contribution < -0.4 is 5.32 Å². The van der Waals surface area contributed by atoms with Crippen molar-refractivity contribution in [3.05, 3.63) is 29.8 Å². The van der Waals surface area contributed by atoms with Crippen LogP contribution in [0.4, 0.5) is 5.69 Å². The molecule has 0 unspecified atom stereocenters. The summed E-state index contributed by atoms with van der Waals surface area (Å²) in [5.41, 5.74) is 1.86. The molecule has 0 aromatic heterocycles. The molecule has 6 nitrogen and oxygen atoms in total. The highest BCUT2D eigenvalue weighted by Gasteiger charge is 2.29. The van der Waals surface area contributed by atoms with Crippen molar-refractivity contribution in [3.8, 4) is 0 Å². The van der Waals surface area contributed by atoms with E-state index in [0.717, 1.165) is 37.2 Å². The number of rotatable bonds is 8. The van der Waals surface area contributed by atoms with Crippen molar-refractivity contribution in [2.75, 3.05) is 43.0 Å². The minimum absolute atomic E-state index is 0.0247. The first kappa shape index (κ1) is 22.3. The zero-order chi connectivity index (χ0) is 20.5. The number of hydrogen-bond donors (Lipinski definition) is 1. The number of anilines is 1. The van der Waals surface area contributed by atoms with E-state index in [2.05, 4.69) is 5.32 Å². The number of likely N-dealkylation sites (tertiary alicyclic amines) is 1. The molecule has 3 amide bonds. The van der Waals surface area contributed by atoms with Crippen LogP contribution in [0.1, 0.15) is 32.3 Å². The van der Waals surface area contributed by atoms with Crippen LogP contribution in [0.5, 0.6) is 0 Å². The van der Waals surface area contributed by atoms with Gasteiger partial charge in [-0.25, -0.2) is 0 Å². The van der Waals surface area contributed by atoms with E-state index < -0.39 is 0 Å². The number of carbonyl (C=O) groups excluding carboxylic acids is 3. The van der Waals surface area contributed by atoms with Crippen LogP contribution in [0.25, 0.3) is 0 Å². The zero-order valence-corrected chi connectivity index (χ0v) is 17.9. The Bertz CT molecular complexity index is 683. The standard InChI is InChI=1S/C21H31N3O3S/c1-4-23(5-2)21(27)17-9-11-24(12-10-17)20(26)15-28-14-19(25)22-18-8-6-7-16(3)13-18/h6-8,13,17H,4-5,9-12,14-15H2,1-3H3,(H,22,25). The number of piperidine rings is 1. The Morgan fingerprint density at radius 2 is 1.82 bits per heavy atom. The number of nitrogens with zero attached hydrogens (tertiary/aromatic N) is 2. The lowest BCUT2D eigenvalue weighted by Gasteiger charge is -2.33. The molecule has 7 heteroatoms. The van der Waals surface area contributed by atoms with Crippen molar-refractivity contribution in [2.24, 2.45) is 5.92 Å². The van der Waals surface area contributed by atoms with Gasteiger partial charge in [-0.1, -0.05) is 12.1 Å². The van der Waals surface area contributed by atoms with Crippen LogP contribution in [0.15, 0.2) is 24.3 Å². The highest BCUT2D eigenvalue weighted by atomic mass is 32.2. The molecular weight excluding hydrogens is 374 g/mol. The number of carbonyl (C=O) groups is 3. The van der Waals surface area contributed by atoms with Crippen LogP contribution in [-0.2, 0) is 14.4 Å². The van der Waals surface area contributed by atoms with Gasteiger partial charge in [0.1, 0.15) is 0 Å². The summed E-state index contributed by atoms with van der Waals surface area (Å²) in [6.45, 7) is 8.66. The highest BCUT2D eigenvalue weighted by Crippen LogP contribution is 2.20. The van der Waals surface area contributed by atoms with Crippen LogP contribution in [-0.4, -0.2) is 65.2 Å². The van der Waals surface area contributed by atoms with Gasteiger partial charge in [0.25, 0.3) is 0 Å². The van der Waals surface area contributed by atoms with Gasteiger partial charge in [0, 0.05) is 37.8 Å². The molecule has 1 saturated heterocycles. The van der Waals surface area contributed by atoms with Crippen molar-refractivity contribution >= 4 is 35.2 Å². The Morgan fingerprint density at radius 1 is 1.14 bits per heavy atom.